The summed E-state index contributed by atoms with van der Waals surface area (Å²) in [6.07, 6.45) is 1.91. The molecule has 110 valence electrons. The summed E-state index contributed by atoms with van der Waals surface area (Å²) in [5, 5.41) is 12.9. The maximum atomic E-state index is 9.93. The van der Waals surface area contributed by atoms with Crippen molar-refractivity contribution in [1.82, 2.24) is 0 Å². The Labute approximate surface area is 125 Å². The van der Waals surface area contributed by atoms with E-state index in [1.807, 2.05) is 42.5 Å². The zero-order valence-corrected chi connectivity index (χ0v) is 12.0. The molecular formula is C17H19NO3. The average molecular weight is 285 g/mol. The Morgan fingerprint density at radius 1 is 1.14 bits per heavy atom. The number of hydrogen-bond donors (Lipinski definition) is 1. The second-order valence-electron chi connectivity index (χ2n) is 4.03. The van der Waals surface area contributed by atoms with Crippen molar-refractivity contribution in [3.8, 4) is 11.5 Å². The third kappa shape index (κ3) is 5.40. The quantitative estimate of drug-likeness (QED) is 0.517. The van der Waals surface area contributed by atoms with Gasteiger partial charge in [0, 0.05) is 18.7 Å². The number of nitrogens with zero attached hydrogens (tertiary/aromatic N) is 1. The molecule has 0 amide bonds. The van der Waals surface area contributed by atoms with Gasteiger partial charge < -0.3 is 14.7 Å². The summed E-state index contributed by atoms with van der Waals surface area (Å²) in [4.78, 5) is 4.11. The van der Waals surface area contributed by atoms with E-state index in [1.165, 1.54) is 11.8 Å². The molecule has 0 unspecified atom stereocenters. The minimum absolute atomic E-state index is 0.230. The zero-order valence-electron chi connectivity index (χ0n) is 12.0. The van der Waals surface area contributed by atoms with Gasteiger partial charge in [0.05, 0.1) is 7.11 Å². The number of methoxy groups -OCH3 is 1. The molecule has 0 heterocycles. The number of benzene rings is 2. The van der Waals surface area contributed by atoms with Crippen LogP contribution in [0.15, 0.2) is 66.5 Å². The Balaban J connectivity index is 0.000000383. The summed E-state index contributed by atoms with van der Waals surface area (Å²) in [6.45, 7) is 6.20. The number of phenols is 1. The predicted octanol–water partition coefficient (Wildman–Crippen LogP) is 3.75. The van der Waals surface area contributed by atoms with Crippen molar-refractivity contribution in [2.24, 2.45) is 5.16 Å². The van der Waals surface area contributed by atoms with Crippen LogP contribution in [0.5, 0.6) is 11.5 Å². The number of oxime groups is 1. The first-order valence-electron chi connectivity index (χ1n) is 6.34. The lowest BCUT2D eigenvalue weighted by atomic mass is 10.0. The maximum absolute atomic E-state index is 9.93. The molecule has 0 aliphatic heterocycles. The predicted molar refractivity (Wildman–Crippen MR) is 84.7 cm³/mol. The molecular weight excluding hydrogens is 266 g/mol. The van der Waals surface area contributed by atoms with E-state index in [2.05, 4.69) is 23.3 Å². The monoisotopic (exact) mass is 285 g/mol. The SMILES string of the molecule is C=CON=C.COc1cccc(Cc2ccccc2)c1O. The molecule has 0 saturated carbocycles. The highest BCUT2D eigenvalue weighted by atomic mass is 16.6. The minimum atomic E-state index is 0.230. The first-order chi connectivity index (χ1) is 10.2. The van der Waals surface area contributed by atoms with Crippen LogP contribution >= 0.6 is 0 Å². The van der Waals surface area contributed by atoms with Gasteiger partial charge in [-0.3, -0.25) is 0 Å². The Morgan fingerprint density at radius 2 is 1.86 bits per heavy atom. The number of rotatable bonds is 5. The standard InChI is InChI=1S/C14H14O2.C3H5NO/c1-16-13-9-5-8-12(14(13)15)10-11-6-3-2-4-7-11;1-3-5-4-2/h2-9,15H,10H2,1H3;3H,1-2H2. The van der Waals surface area contributed by atoms with Crippen molar-refractivity contribution < 1.29 is 14.7 Å². The van der Waals surface area contributed by atoms with Crippen LogP contribution in [0, 0.1) is 0 Å². The normalized spacial score (nSPS) is 9.00. The summed E-state index contributed by atoms with van der Waals surface area (Å²) < 4.78 is 5.07. The fourth-order valence-corrected chi connectivity index (χ4v) is 1.74. The molecule has 21 heavy (non-hydrogen) atoms. The van der Waals surface area contributed by atoms with E-state index >= 15 is 0 Å². The van der Waals surface area contributed by atoms with Gasteiger partial charge in [-0.25, -0.2) is 0 Å². The van der Waals surface area contributed by atoms with Gasteiger partial charge in [0.15, 0.2) is 11.5 Å². The number of ether oxygens (including phenoxy) is 1. The van der Waals surface area contributed by atoms with Gasteiger partial charge in [-0.15, -0.1) is 0 Å². The summed E-state index contributed by atoms with van der Waals surface area (Å²) in [5.74, 6) is 0.752. The van der Waals surface area contributed by atoms with E-state index in [4.69, 9.17) is 4.74 Å². The molecule has 0 radical (unpaired) electrons. The van der Waals surface area contributed by atoms with E-state index in [-0.39, 0.29) is 5.75 Å². The lowest BCUT2D eigenvalue weighted by molar-refractivity contribution is 0.273. The molecule has 0 fully saturated rings. The van der Waals surface area contributed by atoms with Gasteiger partial charge >= 0.3 is 0 Å². The summed E-state index contributed by atoms with van der Waals surface area (Å²) >= 11 is 0. The van der Waals surface area contributed by atoms with Gasteiger partial charge in [0.2, 0.25) is 0 Å². The van der Waals surface area contributed by atoms with Crippen LogP contribution in [0.25, 0.3) is 0 Å². The molecule has 2 aromatic carbocycles. The van der Waals surface area contributed by atoms with Gasteiger partial charge in [-0.1, -0.05) is 54.2 Å². The fourth-order valence-electron chi connectivity index (χ4n) is 1.74. The number of phenolic OH excluding ortho intramolecular Hbond substituents is 1. The third-order valence-corrected chi connectivity index (χ3v) is 2.69. The Morgan fingerprint density at radius 3 is 2.38 bits per heavy atom. The number of para-hydroxylation sites is 1. The molecule has 0 saturated heterocycles. The van der Waals surface area contributed by atoms with Crippen LogP contribution in [0.4, 0.5) is 0 Å². The number of aromatic hydroxyl groups is 1. The molecule has 0 aliphatic carbocycles. The molecule has 2 rings (SSSR count). The van der Waals surface area contributed by atoms with E-state index < -0.39 is 0 Å². The first kappa shape index (κ1) is 16.3. The van der Waals surface area contributed by atoms with Crippen molar-refractivity contribution in [3.63, 3.8) is 0 Å². The molecule has 0 spiro atoms. The van der Waals surface area contributed by atoms with Gasteiger partial charge in [-0.05, 0) is 11.6 Å². The minimum Gasteiger partial charge on any atom is -0.504 e. The summed E-state index contributed by atoms with van der Waals surface area (Å²) in [6, 6.07) is 15.6. The van der Waals surface area contributed by atoms with Crippen molar-refractivity contribution >= 4 is 6.72 Å². The smallest absolute Gasteiger partial charge is 0.161 e. The Hall–Kier alpha value is -2.75. The Bertz CT molecular complexity index is 562. The van der Waals surface area contributed by atoms with Crippen LogP contribution < -0.4 is 4.74 Å². The molecule has 2 aromatic rings. The number of hydrogen-bond acceptors (Lipinski definition) is 4. The second-order valence-corrected chi connectivity index (χ2v) is 4.03. The van der Waals surface area contributed by atoms with E-state index in [0.717, 1.165) is 5.56 Å². The zero-order chi connectivity index (χ0) is 15.5. The molecule has 0 bridgehead atoms. The second kappa shape index (κ2) is 9.20. The van der Waals surface area contributed by atoms with Gasteiger partial charge in [0.1, 0.15) is 6.26 Å². The molecule has 0 aliphatic rings. The van der Waals surface area contributed by atoms with E-state index in [1.54, 1.807) is 13.2 Å². The fraction of sp³-hybridized carbons (Fsp3) is 0.118. The average Bonchev–Trinajstić information content (AvgIpc) is 2.52. The summed E-state index contributed by atoms with van der Waals surface area (Å²) in [7, 11) is 1.56. The molecule has 0 atom stereocenters. The van der Waals surface area contributed by atoms with Crippen molar-refractivity contribution in [1.29, 1.82) is 0 Å². The van der Waals surface area contributed by atoms with Crippen molar-refractivity contribution in [3.05, 3.63) is 72.5 Å². The lowest BCUT2D eigenvalue weighted by Crippen LogP contribution is -1.91. The largest absolute Gasteiger partial charge is 0.504 e. The van der Waals surface area contributed by atoms with Gasteiger partial charge in [0.25, 0.3) is 0 Å². The van der Waals surface area contributed by atoms with Crippen LogP contribution in [0.3, 0.4) is 0 Å². The first-order valence-corrected chi connectivity index (χ1v) is 6.34. The van der Waals surface area contributed by atoms with Crippen LogP contribution in [0.1, 0.15) is 11.1 Å². The van der Waals surface area contributed by atoms with Crippen LogP contribution in [0.2, 0.25) is 0 Å². The highest BCUT2D eigenvalue weighted by Gasteiger charge is 2.07. The highest BCUT2D eigenvalue weighted by molar-refractivity contribution is 5.47. The van der Waals surface area contributed by atoms with E-state index in [0.29, 0.717) is 12.2 Å². The van der Waals surface area contributed by atoms with Crippen molar-refractivity contribution in [2.75, 3.05) is 7.11 Å². The molecule has 4 nitrogen and oxygen atoms in total. The highest BCUT2D eigenvalue weighted by Crippen LogP contribution is 2.30. The Kier molecular flexibility index (Phi) is 7.14. The van der Waals surface area contributed by atoms with Crippen LogP contribution in [-0.2, 0) is 11.3 Å². The van der Waals surface area contributed by atoms with Crippen molar-refractivity contribution in [2.45, 2.75) is 6.42 Å². The van der Waals surface area contributed by atoms with E-state index in [9.17, 15) is 5.11 Å². The molecule has 4 heteroatoms. The molecule has 0 aromatic heterocycles. The summed E-state index contributed by atoms with van der Waals surface area (Å²) in [5.41, 5.74) is 2.05. The molecule has 1 N–H and O–H groups in total. The topological polar surface area (TPSA) is 51.0 Å². The maximum Gasteiger partial charge on any atom is 0.161 e. The van der Waals surface area contributed by atoms with Crippen LogP contribution in [-0.4, -0.2) is 18.9 Å². The lowest BCUT2D eigenvalue weighted by Gasteiger charge is -2.08. The third-order valence-electron chi connectivity index (χ3n) is 2.69. The van der Waals surface area contributed by atoms with Gasteiger partial charge in [-0.2, -0.15) is 0 Å².